The van der Waals surface area contributed by atoms with E-state index in [1.165, 1.54) is 11.3 Å². The molecule has 0 amide bonds. The molecule has 0 aromatic heterocycles. The van der Waals surface area contributed by atoms with Gasteiger partial charge >= 0.3 is 0 Å². The van der Waals surface area contributed by atoms with Crippen LogP contribution in [0.2, 0.25) is 0 Å². The maximum absolute atomic E-state index is 3.76. The Bertz CT molecular complexity index is 311. The lowest BCUT2D eigenvalue weighted by Gasteiger charge is -2.30. The Balaban J connectivity index is 2.82. The smallest absolute Gasteiger partial charge is 0.0366 e. The Morgan fingerprint density at radius 3 is 2.07 bits per heavy atom. The molecular formula is C14H21N. The van der Waals surface area contributed by atoms with Crippen LogP contribution in [0.15, 0.2) is 30.8 Å². The highest BCUT2D eigenvalue weighted by Crippen LogP contribution is 2.19. The van der Waals surface area contributed by atoms with Crippen molar-refractivity contribution in [3.63, 3.8) is 0 Å². The monoisotopic (exact) mass is 203 g/mol. The molecule has 1 aromatic rings. The van der Waals surface area contributed by atoms with Crippen molar-refractivity contribution in [3.05, 3.63) is 36.4 Å². The molecule has 0 aliphatic heterocycles. The topological polar surface area (TPSA) is 3.24 Å². The molecule has 0 saturated carbocycles. The van der Waals surface area contributed by atoms with E-state index >= 15 is 0 Å². The lowest BCUT2D eigenvalue weighted by atomic mass is 10.0. The Labute approximate surface area is 93.4 Å². The third-order valence-corrected chi connectivity index (χ3v) is 3.11. The van der Waals surface area contributed by atoms with E-state index in [1.54, 1.807) is 0 Å². The highest BCUT2D eigenvalue weighted by molar-refractivity contribution is 5.54. The summed E-state index contributed by atoms with van der Waals surface area (Å²) in [6, 6.07) is 9.06. The number of rotatable bonds is 4. The van der Waals surface area contributed by atoms with Gasteiger partial charge in [0.05, 0.1) is 0 Å². The molecule has 15 heavy (non-hydrogen) atoms. The highest BCUT2D eigenvalue weighted by atomic mass is 15.1. The molecule has 0 aliphatic rings. The maximum atomic E-state index is 3.76. The van der Waals surface area contributed by atoms with Gasteiger partial charge in [0.15, 0.2) is 0 Å². The van der Waals surface area contributed by atoms with Gasteiger partial charge in [0.2, 0.25) is 0 Å². The van der Waals surface area contributed by atoms with E-state index in [0.29, 0.717) is 12.0 Å². The first-order valence-corrected chi connectivity index (χ1v) is 5.51. The summed E-state index contributed by atoms with van der Waals surface area (Å²) in [7, 11) is 2.15. The van der Waals surface area contributed by atoms with Crippen LogP contribution < -0.4 is 4.90 Å². The predicted octanol–water partition coefficient (Wildman–Crippen LogP) is 3.81. The summed E-state index contributed by atoms with van der Waals surface area (Å²) < 4.78 is 0. The summed E-state index contributed by atoms with van der Waals surface area (Å²) in [5.41, 5.74) is 2.44. The van der Waals surface area contributed by atoms with Crippen LogP contribution in [0.4, 0.5) is 5.69 Å². The van der Waals surface area contributed by atoms with E-state index in [1.807, 2.05) is 6.08 Å². The number of benzene rings is 1. The largest absolute Gasteiger partial charge is 0.372 e. The molecule has 0 saturated heterocycles. The van der Waals surface area contributed by atoms with Crippen LogP contribution in [0.3, 0.4) is 0 Å². The van der Waals surface area contributed by atoms with Gasteiger partial charge in [-0.25, -0.2) is 0 Å². The van der Waals surface area contributed by atoms with E-state index in [9.17, 15) is 0 Å². The van der Waals surface area contributed by atoms with Crippen molar-refractivity contribution in [2.24, 2.45) is 5.92 Å². The summed E-state index contributed by atoms with van der Waals surface area (Å²) in [4.78, 5) is 2.32. The molecule has 0 spiro atoms. The third-order valence-electron chi connectivity index (χ3n) is 3.11. The molecule has 1 nitrogen and oxygen atoms in total. The average molecular weight is 203 g/mol. The molecule has 1 atom stereocenters. The maximum Gasteiger partial charge on any atom is 0.0366 e. The summed E-state index contributed by atoms with van der Waals surface area (Å²) in [6.45, 7) is 10.5. The molecule has 1 heteroatoms. The molecule has 82 valence electrons. The second-order valence-electron chi connectivity index (χ2n) is 4.39. The van der Waals surface area contributed by atoms with Gasteiger partial charge in [0, 0.05) is 18.8 Å². The Morgan fingerprint density at radius 1 is 1.13 bits per heavy atom. The molecule has 0 bridgehead atoms. The van der Waals surface area contributed by atoms with Crippen molar-refractivity contribution in [1.82, 2.24) is 0 Å². The second-order valence-corrected chi connectivity index (χ2v) is 4.39. The van der Waals surface area contributed by atoms with E-state index in [4.69, 9.17) is 0 Å². The van der Waals surface area contributed by atoms with Crippen molar-refractivity contribution in [2.45, 2.75) is 26.8 Å². The number of hydrogen-bond donors (Lipinski definition) is 0. The standard InChI is InChI=1S/C14H21N/c1-6-13-7-9-14(10-8-13)15(5)12(4)11(2)3/h6-12H,1H2,2-5H3/t12-/m1/s1. The lowest BCUT2D eigenvalue weighted by molar-refractivity contribution is 0.505. The fourth-order valence-corrected chi connectivity index (χ4v) is 1.53. The van der Waals surface area contributed by atoms with Crippen LogP contribution in [0.25, 0.3) is 6.08 Å². The normalized spacial score (nSPS) is 12.6. The molecular weight excluding hydrogens is 182 g/mol. The summed E-state index contributed by atoms with van der Waals surface area (Å²) in [5.74, 6) is 0.661. The van der Waals surface area contributed by atoms with Crippen LogP contribution in [0, 0.1) is 5.92 Å². The lowest BCUT2D eigenvalue weighted by Crippen LogP contribution is -2.33. The minimum atomic E-state index is 0.555. The van der Waals surface area contributed by atoms with Gasteiger partial charge in [-0.05, 0) is 30.5 Å². The Hall–Kier alpha value is -1.24. The fourth-order valence-electron chi connectivity index (χ4n) is 1.53. The van der Waals surface area contributed by atoms with Gasteiger partial charge in [-0.1, -0.05) is 38.6 Å². The zero-order valence-corrected chi connectivity index (χ0v) is 10.2. The molecule has 0 unspecified atom stereocenters. The van der Waals surface area contributed by atoms with E-state index in [2.05, 4.69) is 63.6 Å². The van der Waals surface area contributed by atoms with Gasteiger partial charge in [-0.2, -0.15) is 0 Å². The first kappa shape index (κ1) is 11.8. The van der Waals surface area contributed by atoms with Gasteiger partial charge in [0.25, 0.3) is 0 Å². The van der Waals surface area contributed by atoms with E-state index < -0.39 is 0 Å². The van der Waals surface area contributed by atoms with Crippen molar-refractivity contribution in [2.75, 3.05) is 11.9 Å². The van der Waals surface area contributed by atoms with Gasteiger partial charge < -0.3 is 4.90 Å². The minimum Gasteiger partial charge on any atom is -0.372 e. The van der Waals surface area contributed by atoms with Gasteiger partial charge in [-0.3, -0.25) is 0 Å². The zero-order valence-electron chi connectivity index (χ0n) is 10.2. The molecule has 0 fully saturated rings. The van der Waals surface area contributed by atoms with Crippen LogP contribution in [0.5, 0.6) is 0 Å². The SMILES string of the molecule is C=Cc1ccc(N(C)[C@H](C)C(C)C)cc1. The third kappa shape index (κ3) is 2.85. The van der Waals surface area contributed by atoms with Crippen molar-refractivity contribution in [3.8, 4) is 0 Å². The van der Waals surface area contributed by atoms with Crippen molar-refractivity contribution < 1.29 is 0 Å². The average Bonchev–Trinajstić information content (AvgIpc) is 2.27. The minimum absolute atomic E-state index is 0.555. The number of hydrogen-bond acceptors (Lipinski definition) is 1. The van der Waals surface area contributed by atoms with Gasteiger partial charge in [0.1, 0.15) is 0 Å². The predicted molar refractivity (Wildman–Crippen MR) is 69.2 cm³/mol. The summed E-state index contributed by atoms with van der Waals surface area (Å²) >= 11 is 0. The molecule has 1 aromatic carbocycles. The molecule has 1 rings (SSSR count). The summed E-state index contributed by atoms with van der Waals surface area (Å²) in [5, 5.41) is 0. The Morgan fingerprint density at radius 2 is 1.67 bits per heavy atom. The first-order chi connectivity index (χ1) is 7.06. The fraction of sp³-hybridized carbons (Fsp3) is 0.429. The van der Waals surface area contributed by atoms with Crippen molar-refractivity contribution >= 4 is 11.8 Å². The van der Waals surface area contributed by atoms with Crippen LogP contribution in [0.1, 0.15) is 26.3 Å². The highest BCUT2D eigenvalue weighted by Gasteiger charge is 2.12. The Kier molecular flexibility index (Phi) is 3.96. The molecule has 0 radical (unpaired) electrons. The first-order valence-electron chi connectivity index (χ1n) is 5.51. The number of anilines is 1. The van der Waals surface area contributed by atoms with Crippen LogP contribution >= 0.6 is 0 Å². The summed E-state index contributed by atoms with van der Waals surface area (Å²) in [6.07, 6.45) is 1.87. The molecule has 0 heterocycles. The van der Waals surface area contributed by atoms with Crippen LogP contribution in [-0.4, -0.2) is 13.1 Å². The number of nitrogens with zero attached hydrogens (tertiary/aromatic N) is 1. The quantitative estimate of drug-likeness (QED) is 0.719. The second kappa shape index (κ2) is 5.01. The zero-order chi connectivity index (χ0) is 11.4. The van der Waals surface area contributed by atoms with E-state index in [-0.39, 0.29) is 0 Å². The van der Waals surface area contributed by atoms with Crippen molar-refractivity contribution in [1.29, 1.82) is 0 Å². The van der Waals surface area contributed by atoms with Crippen LogP contribution in [-0.2, 0) is 0 Å². The molecule has 0 N–H and O–H groups in total. The molecule has 0 aliphatic carbocycles. The van der Waals surface area contributed by atoms with Gasteiger partial charge in [-0.15, -0.1) is 0 Å². The van der Waals surface area contributed by atoms with E-state index in [0.717, 1.165) is 0 Å².